The van der Waals surface area contributed by atoms with E-state index in [4.69, 9.17) is 23.2 Å². The van der Waals surface area contributed by atoms with E-state index >= 15 is 0 Å². The number of anilines is 2. The first kappa shape index (κ1) is 29.1. The predicted octanol–water partition coefficient (Wildman–Crippen LogP) is 6.83. The summed E-state index contributed by atoms with van der Waals surface area (Å²) >= 11 is 13.2. The Morgan fingerprint density at radius 3 is 2.07 bits per heavy atom. The van der Waals surface area contributed by atoms with Crippen LogP contribution in [-0.2, 0) is 14.4 Å². The molecule has 4 aromatic rings. The van der Waals surface area contributed by atoms with E-state index in [9.17, 15) is 19.2 Å². The van der Waals surface area contributed by atoms with Crippen LogP contribution in [0, 0.1) is 0 Å². The number of hydrogen-bond acceptors (Lipinski definition) is 5. The Labute approximate surface area is 256 Å². The van der Waals surface area contributed by atoms with Crippen LogP contribution in [0.4, 0.5) is 11.4 Å². The minimum absolute atomic E-state index is 0.0435. The maximum Gasteiger partial charge on any atom is 0.272 e. The fourth-order valence-electron chi connectivity index (χ4n) is 4.21. The molecule has 1 saturated heterocycles. The zero-order chi connectivity index (χ0) is 29.6. The van der Waals surface area contributed by atoms with E-state index in [-0.39, 0.29) is 23.9 Å². The van der Waals surface area contributed by atoms with Gasteiger partial charge < -0.3 is 10.6 Å². The molecule has 0 bridgehead atoms. The second kappa shape index (κ2) is 13.1. The van der Waals surface area contributed by atoms with Crippen molar-refractivity contribution in [3.63, 3.8) is 0 Å². The lowest BCUT2D eigenvalue weighted by molar-refractivity contribution is -0.121. The number of amides is 4. The van der Waals surface area contributed by atoms with Gasteiger partial charge in [-0.3, -0.25) is 19.2 Å². The zero-order valence-corrected chi connectivity index (χ0v) is 24.2. The molecule has 0 spiro atoms. The first-order chi connectivity index (χ1) is 20.3. The smallest absolute Gasteiger partial charge is 0.272 e. The lowest BCUT2D eigenvalue weighted by atomic mass is 10.1. The van der Waals surface area contributed by atoms with E-state index in [0.717, 1.165) is 4.90 Å². The van der Waals surface area contributed by atoms with Crippen LogP contribution in [0.1, 0.15) is 22.3 Å². The molecule has 210 valence electrons. The van der Waals surface area contributed by atoms with Gasteiger partial charge in [0.25, 0.3) is 11.8 Å². The number of benzene rings is 4. The Morgan fingerprint density at radius 2 is 1.43 bits per heavy atom. The van der Waals surface area contributed by atoms with Crippen molar-refractivity contribution in [3.8, 4) is 0 Å². The molecule has 42 heavy (non-hydrogen) atoms. The lowest BCUT2D eigenvalue weighted by Gasteiger charge is -2.15. The molecule has 0 radical (unpaired) electrons. The topological polar surface area (TPSA) is 95.6 Å². The van der Waals surface area contributed by atoms with Crippen LogP contribution in [-0.4, -0.2) is 28.9 Å². The number of rotatable bonds is 8. The summed E-state index contributed by atoms with van der Waals surface area (Å²) in [5, 5.41) is 5.99. The summed E-state index contributed by atoms with van der Waals surface area (Å²) in [6.45, 7) is 0. The molecule has 5 rings (SSSR count). The molecule has 1 unspecified atom stereocenters. The molecule has 0 saturated carbocycles. The molecule has 1 fully saturated rings. The Kier molecular flexibility index (Phi) is 9.07. The molecule has 1 heterocycles. The largest absolute Gasteiger partial charge is 0.321 e. The predicted molar refractivity (Wildman–Crippen MR) is 167 cm³/mol. The van der Waals surface area contributed by atoms with Crippen molar-refractivity contribution in [2.75, 3.05) is 10.2 Å². The van der Waals surface area contributed by atoms with Crippen molar-refractivity contribution < 1.29 is 19.2 Å². The number of hydrogen-bond donors (Lipinski definition) is 2. The van der Waals surface area contributed by atoms with Gasteiger partial charge in [0.2, 0.25) is 11.8 Å². The minimum Gasteiger partial charge on any atom is -0.321 e. The quantitative estimate of drug-likeness (QED) is 0.167. The summed E-state index contributed by atoms with van der Waals surface area (Å²) in [7, 11) is 0. The van der Waals surface area contributed by atoms with Crippen molar-refractivity contribution in [2.24, 2.45) is 0 Å². The number of carbonyl (C=O) groups excluding carboxylic acids is 4. The number of thioether (sulfide) groups is 1. The average molecular weight is 617 g/mol. The Bertz CT molecular complexity index is 1660. The van der Waals surface area contributed by atoms with Gasteiger partial charge >= 0.3 is 0 Å². The second-order valence-corrected chi connectivity index (χ2v) is 11.4. The van der Waals surface area contributed by atoms with Crippen molar-refractivity contribution in [1.29, 1.82) is 0 Å². The fraction of sp³-hybridized carbons (Fsp3) is 0.0625. The van der Waals surface area contributed by atoms with Gasteiger partial charge in [-0.25, -0.2) is 4.90 Å². The van der Waals surface area contributed by atoms with Crippen LogP contribution in [0.25, 0.3) is 6.08 Å². The summed E-state index contributed by atoms with van der Waals surface area (Å²) in [5.74, 6) is -1.52. The third-order valence-electron chi connectivity index (χ3n) is 6.29. The standard InChI is InChI=1S/C32H23Cl2N3O4S/c33-22-8-6-20(7-9-22)18-27(36-30(39)21-4-2-1-3-5-21)31(40)35-24-12-16-26(17-13-24)42-28-19-29(38)37(32(28)41)25-14-10-23(34)11-15-25/h1-18,28H,19H2,(H,35,40)(H,36,39)/b27-18-. The van der Waals surface area contributed by atoms with Gasteiger partial charge in [0.15, 0.2) is 0 Å². The molecule has 4 aromatic carbocycles. The van der Waals surface area contributed by atoms with Crippen molar-refractivity contribution in [1.82, 2.24) is 5.32 Å². The zero-order valence-electron chi connectivity index (χ0n) is 21.9. The average Bonchev–Trinajstić information content (AvgIpc) is 3.27. The number of imide groups is 1. The highest BCUT2D eigenvalue weighted by molar-refractivity contribution is 8.00. The third kappa shape index (κ3) is 7.09. The number of nitrogens with one attached hydrogen (secondary N) is 2. The van der Waals surface area contributed by atoms with Crippen molar-refractivity contribution >= 4 is 76.0 Å². The van der Waals surface area contributed by atoms with E-state index in [1.165, 1.54) is 16.7 Å². The molecule has 2 N–H and O–H groups in total. The molecular weight excluding hydrogens is 593 g/mol. The molecule has 7 nitrogen and oxygen atoms in total. The Morgan fingerprint density at radius 1 is 0.810 bits per heavy atom. The summed E-state index contributed by atoms with van der Waals surface area (Å²) < 4.78 is 0. The van der Waals surface area contributed by atoms with E-state index in [2.05, 4.69) is 10.6 Å². The van der Waals surface area contributed by atoms with E-state index < -0.39 is 17.1 Å². The number of carbonyl (C=O) groups is 4. The molecule has 0 aromatic heterocycles. The highest BCUT2D eigenvalue weighted by Crippen LogP contribution is 2.34. The second-order valence-electron chi connectivity index (χ2n) is 9.26. The highest BCUT2D eigenvalue weighted by atomic mass is 35.5. The molecule has 4 amide bonds. The fourth-order valence-corrected chi connectivity index (χ4v) is 5.51. The SMILES string of the molecule is O=C(Nc1ccc(SC2CC(=O)N(c3ccc(Cl)cc3)C2=O)cc1)/C(=C/c1ccc(Cl)cc1)NC(=O)c1ccccc1. The Balaban J connectivity index is 1.27. The van der Waals surface area contributed by atoms with E-state index in [0.29, 0.717) is 32.5 Å². The van der Waals surface area contributed by atoms with Crippen LogP contribution in [0.3, 0.4) is 0 Å². The summed E-state index contributed by atoms with van der Waals surface area (Å²) in [4.78, 5) is 53.6. The minimum atomic E-state index is -0.573. The van der Waals surface area contributed by atoms with Gasteiger partial charge in [0.1, 0.15) is 5.70 Å². The highest BCUT2D eigenvalue weighted by Gasteiger charge is 2.40. The first-order valence-electron chi connectivity index (χ1n) is 12.8. The summed E-state index contributed by atoms with van der Waals surface area (Å²) in [6.07, 6.45) is 1.64. The third-order valence-corrected chi connectivity index (χ3v) is 7.99. The molecule has 0 aliphatic carbocycles. The summed E-state index contributed by atoms with van der Waals surface area (Å²) in [5.41, 5.74) is 2.09. The molecule has 1 aliphatic rings. The van der Waals surface area contributed by atoms with Crippen molar-refractivity contribution in [2.45, 2.75) is 16.6 Å². The van der Waals surface area contributed by atoms with Crippen LogP contribution < -0.4 is 15.5 Å². The van der Waals surface area contributed by atoms with E-state index in [1.807, 2.05) is 0 Å². The first-order valence-corrected chi connectivity index (χ1v) is 14.4. The summed E-state index contributed by atoms with van der Waals surface area (Å²) in [6, 6.07) is 28.9. The molecule has 1 aliphatic heterocycles. The van der Waals surface area contributed by atoms with Gasteiger partial charge in [0, 0.05) is 32.6 Å². The van der Waals surface area contributed by atoms with Crippen LogP contribution in [0.15, 0.2) is 114 Å². The molecule has 1 atom stereocenters. The van der Waals surface area contributed by atoms with Crippen LogP contribution >= 0.6 is 35.0 Å². The van der Waals surface area contributed by atoms with Crippen LogP contribution in [0.5, 0.6) is 0 Å². The number of halogens is 2. The maximum absolute atomic E-state index is 13.3. The molecular formula is C32H23Cl2N3O4S. The van der Waals surface area contributed by atoms with Gasteiger partial charge in [-0.2, -0.15) is 0 Å². The maximum atomic E-state index is 13.3. The Hall–Kier alpha value is -4.37. The van der Waals surface area contributed by atoms with Crippen LogP contribution in [0.2, 0.25) is 10.0 Å². The van der Waals surface area contributed by atoms with Gasteiger partial charge in [0.05, 0.1) is 10.9 Å². The van der Waals surface area contributed by atoms with Gasteiger partial charge in [-0.15, -0.1) is 11.8 Å². The normalized spacial score (nSPS) is 15.0. The van der Waals surface area contributed by atoms with Gasteiger partial charge in [-0.1, -0.05) is 53.5 Å². The lowest BCUT2D eigenvalue weighted by Crippen LogP contribution is -2.31. The monoisotopic (exact) mass is 615 g/mol. The number of nitrogens with zero attached hydrogens (tertiary/aromatic N) is 1. The van der Waals surface area contributed by atoms with Gasteiger partial charge in [-0.05, 0) is 84.4 Å². The molecule has 10 heteroatoms. The van der Waals surface area contributed by atoms with Crippen molar-refractivity contribution in [3.05, 3.63) is 130 Å². The van der Waals surface area contributed by atoms with E-state index in [1.54, 1.807) is 109 Å².